The van der Waals surface area contributed by atoms with E-state index in [1.807, 2.05) is 23.4 Å². The highest BCUT2D eigenvalue weighted by Crippen LogP contribution is 2.32. The first kappa shape index (κ1) is 17.8. The van der Waals surface area contributed by atoms with Crippen molar-refractivity contribution in [2.75, 3.05) is 26.7 Å². The second-order valence-electron chi connectivity index (χ2n) is 7.40. The van der Waals surface area contributed by atoms with Crippen molar-refractivity contribution in [3.05, 3.63) is 17.5 Å². The van der Waals surface area contributed by atoms with Gasteiger partial charge in [0.05, 0.1) is 12.2 Å². The SMILES string of the molecule is Cc1cc(C)n(CCCC(=O)N2CCC[C@@]3(CC2)CN(C)C(=O)O3)n1. The van der Waals surface area contributed by atoms with E-state index in [4.69, 9.17) is 4.74 Å². The number of likely N-dealkylation sites (tertiary alicyclic amines) is 1. The number of likely N-dealkylation sites (N-methyl/N-ethyl adjacent to an activating group) is 1. The average molecular weight is 348 g/mol. The monoisotopic (exact) mass is 348 g/mol. The van der Waals surface area contributed by atoms with Crippen LogP contribution in [-0.4, -0.2) is 63.9 Å². The summed E-state index contributed by atoms with van der Waals surface area (Å²) in [7, 11) is 1.77. The third kappa shape index (κ3) is 3.96. The van der Waals surface area contributed by atoms with E-state index >= 15 is 0 Å². The van der Waals surface area contributed by atoms with Crippen molar-refractivity contribution < 1.29 is 14.3 Å². The van der Waals surface area contributed by atoms with Gasteiger partial charge >= 0.3 is 6.09 Å². The molecule has 7 heteroatoms. The smallest absolute Gasteiger partial charge is 0.410 e. The molecular formula is C18H28N4O3. The van der Waals surface area contributed by atoms with Crippen molar-refractivity contribution >= 4 is 12.0 Å². The minimum Gasteiger partial charge on any atom is -0.441 e. The fraction of sp³-hybridized carbons (Fsp3) is 0.722. The van der Waals surface area contributed by atoms with E-state index < -0.39 is 5.60 Å². The van der Waals surface area contributed by atoms with E-state index in [0.717, 1.165) is 50.2 Å². The summed E-state index contributed by atoms with van der Waals surface area (Å²) in [5, 5.41) is 4.44. The van der Waals surface area contributed by atoms with Gasteiger partial charge in [-0.3, -0.25) is 9.48 Å². The standard InChI is InChI=1S/C18H28N4O3/c1-14-12-15(2)22(19-14)10-4-6-16(23)21-9-5-7-18(8-11-21)13-20(3)17(24)25-18/h12H,4-11,13H2,1-3H3/t18-/m1/s1. The maximum atomic E-state index is 12.5. The van der Waals surface area contributed by atoms with Crippen LogP contribution in [0.4, 0.5) is 4.79 Å². The number of hydrogen-bond acceptors (Lipinski definition) is 4. The summed E-state index contributed by atoms with van der Waals surface area (Å²) in [6, 6.07) is 2.05. The van der Waals surface area contributed by atoms with E-state index in [0.29, 0.717) is 19.5 Å². The molecular weight excluding hydrogens is 320 g/mol. The van der Waals surface area contributed by atoms with E-state index in [9.17, 15) is 9.59 Å². The molecule has 0 N–H and O–H groups in total. The van der Waals surface area contributed by atoms with Crippen LogP contribution in [0.3, 0.4) is 0 Å². The highest BCUT2D eigenvalue weighted by Gasteiger charge is 2.44. The predicted octanol–water partition coefficient (Wildman–Crippen LogP) is 2.11. The number of aryl methyl sites for hydroxylation is 3. The van der Waals surface area contributed by atoms with Crippen molar-refractivity contribution in [1.29, 1.82) is 0 Å². The Morgan fingerprint density at radius 3 is 2.76 bits per heavy atom. The molecule has 1 aromatic heterocycles. The summed E-state index contributed by atoms with van der Waals surface area (Å²) in [6.45, 7) is 6.84. The molecule has 1 spiro atoms. The van der Waals surface area contributed by atoms with Crippen LogP contribution in [0.5, 0.6) is 0 Å². The second-order valence-corrected chi connectivity index (χ2v) is 7.40. The van der Waals surface area contributed by atoms with Gasteiger partial charge in [-0.2, -0.15) is 5.10 Å². The number of carbonyl (C=O) groups excluding carboxylic acids is 2. The van der Waals surface area contributed by atoms with Gasteiger partial charge in [0.1, 0.15) is 5.60 Å². The van der Waals surface area contributed by atoms with E-state index in [2.05, 4.69) is 11.2 Å². The Morgan fingerprint density at radius 2 is 2.12 bits per heavy atom. The minimum atomic E-state index is -0.398. The fourth-order valence-corrected chi connectivity index (χ4v) is 3.91. The molecule has 2 aliphatic heterocycles. The number of carbonyl (C=O) groups is 2. The van der Waals surface area contributed by atoms with Crippen molar-refractivity contribution in [3.8, 4) is 0 Å². The van der Waals surface area contributed by atoms with Crippen molar-refractivity contribution in [3.63, 3.8) is 0 Å². The summed E-state index contributed by atoms with van der Waals surface area (Å²) in [5.41, 5.74) is 1.75. The van der Waals surface area contributed by atoms with E-state index in [1.165, 1.54) is 0 Å². The Morgan fingerprint density at radius 1 is 1.32 bits per heavy atom. The maximum absolute atomic E-state index is 12.5. The summed E-state index contributed by atoms with van der Waals surface area (Å²) in [5.74, 6) is 0.191. The lowest BCUT2D eigenvalue weighted by atomic mass is 9.95. The third-order valence-corrected chi connectivity index (χ3v) is 5.26. The third-order valence-electron chi connectivity index (χ3n) is 5.26. The first-order valence-electron chi connectivity index (χ1n) is 9.11. The summed E-state index contributed by atoms with van der Waals surface area (Å²) in [6.07, 6.45) is 3.52. The molecule has 0 bridgehead atoms. The number of aromatic nitrogens is 2. The second kappa shape index (κ2) is 7.06. The Balaban J connectivity index is 1.48. The molecule has 2 amide bonds. The zero-order chi connectivity index (χ0) is 18.0. The largest absolute Gasteiger partial charge is 0.441 e. The molecule has 0 aromatic carbocycles. The molecule has 0 unspecified atom stereocenters. The molecule has 138 valence electrons. The molecule has 7 nitrogen and oxygen atoms in total. The zero-order valence-electron chi connectivity index (χ0n) is 15.5. The lowest BCUT2D eigenvalue weighted by Gasteiger charge is -2.25. The topological polar surface area (TPSA) is 67.7 Å². The Kier molecular flexibility index (Phi) is 5.01. The number of amides is 2. The Hall–Kier alpha value is -2.05. The van der Waals surface area contributed by atoms with Gasteiger partial charge in [0, 0.05) is 45.2 Å². The van der Waals surface area contributed by atoms with Crippen LogP contribution < -0.4 is 0 Å². The van der Waals surface area contributed by atoms with Crippen LogP contribution in [0.15, 0.2) is 6.07 Å². The molecule has 2 fully saturated rings. The van der Waals surface area contributed by atoms with Crippen molar-refractivity contribution in [2.24, 2.45) is 0 Å². The first-order chi connectivity index (χ1) is 11.9. The number of hydrogen-bond donors (Lipinski definition) is 0. The highest BCUT2D eigenvalue weighted by molar-refractivity contribution is 5.76. The summed E-state index contributed by atoms with van der Waals surface area (Å²) in [4.78, 5) is 27.8. The Labute approximate surface area is 148 Å². The molecule has 25 heavy (non-hydrogen) atoms. The molecule has 0 radical (unpaired) electrons. The molecule has 0 aliphatic carbocycles. The molecule has 2 saturated heterocycles. The molecule has 2 aliphatic rings. The lowest BCUT2D eigenvalue weighted by molar-refractivity contribution is -0.131. The van der Waals surface area contributed by atoms with Crippen LogP contribution in [0.1, 0.15) is 43.5 Å². The molecule has 3 heterocycles. The minimum absolute atomic E-state index is 0.191. The number of nitrogens with zero attached hydrogens (tertiary/aromatic N) is 4. The molecule has 0 saturated carbocycles. The number of ether oxygens (including phenoxy) is 1. The maximum Gasteiger partial charge on any atom is 0.410 e. The van der Waals surface area contributed by atoms with Gasteiger partial charge in [-0.15, -0.1) is 0 Å². The van der Waals surface area contributed by atoms with E-state index in [1.54, 1.807) is 11.9 Å². The zero-order valence-corrected chi connectivity index (χ0v) is 15.5. The van der Waals surface area contributed by atoms with Crippen LogP contribution in [0, 0.1) is 13.8 Å². The van der Waals surface area contributed by atoms with Crippen LogP contribution >= 0.6 is 0 Å². The van der Waals surface area contributed by atoms with Crippen LogP contribution in [0.25, 0.3) is 0 Å². The normalized spacial score (nSPS) is 23.9. The van der Waals surface area contributed by atoms with Crippen molar-refractivity contribution in [1.82, 2.24) is 19.6 Å². The summed E-state index contributed by atoms with van der Waals surface area (Å²) >= 11 is 0. The first-order valence-corrected chi connectivity index (χ1v) is 9.11. The number of rotatable bonds is 4. The highest BCUT2D eigenvalue weighted by atomic mass is 16.6. The van der Waals surface area contributed by atoms with Crippen LogP contribution in [0.2, 0.25) is 0 Å². The van der Waals surface area contributed by atoms with Crippen LogP contribution in [-0.2, 0) is 16.1 Å². The van der Waals surface area contributed by atoms with Gasteiger partial charge in [0.15, 0.2) is 0 Å². The predicted molar refractivity (Wildman–Crippen MR) is 93.2 cm³/mol. The van der Waals surface area contributed by atoms with E-state index in [-0.39, 0.29) is 12.0 Å². The van der Waals surface area contributed by atoms with Gasteiger partial charge in [-0.05, 0) is 39.2 Å². The Bertz CT molecular complexity index is 657. The quantitative estimate of drug-likeness (QED) is 0.836. The van der Waals surface area contributed by atoms with Gasteiger partial charge in [-0.25, -0.2) is 4.79 Å². The van der Waals surface area contributed by atoms with Gasteiger partial charge < -0.3 is 14.5 Å². The lowest BCUT2D eigenvalue weighted by Crippen LogP contribution is -2.36. The molecule has 1 aromatic rings. The fourth-order valence-electron chi connectivity index (χ4n) is 3.91. The van der Waals surface area contributed by atoms with Gasteiger partial charge in [0.2, 0.25) is 5.91 Å². The average Bonchev–Trinajstić information content (AvgIpc) is 2.92. The van der Waals surface area contributed by atoms with Crippen molar-refractivity contribution in [2.45, 2.75) is 58.1 Å². The molecule has 1 atom stereocenters. The summed E-state index contributed by atoms with van der Waals surface area (Å²) < 4.78 is 7.57. The van der Waals surface area contributed by atoms with Gasteiger partial charge in [0.25, 0.3) is 0 Å². The molecule has 3 rings (SSSR count). The van der Waals surface area contributed by atoms with Gasteiger partial charge in [-0.1, -0.05) is 0 Å².